The van der Waals surface area contributed by atoms with Crippen LogP contribution in [0.5, 0.6) is 11.5 Å². The first-order chi connectivity index (χ1) is 9.97. The first kappa shape index (κ1) is 15.0. The van der Waals surface area contributed by atoms with E-state index in [-0.39, 0.29) is 17.8 Å². The van der Waals surface area contributed by atoms with Gasteiger partial charge in [0.25, 0.3) is 0 Å². The lowest BCUT2D eigenvalue weighted by atomic mass is 10.1. The van der Waals surface area contributed by atoms with Gasteiger partial charge in [0.2, 0.25) is 5.91 Å². The highest BCUT2D eigenvalue weighted by molar-refractivity contribution is 5.90. The lowest BCUT2D eigenvalue weighted by Gasteiger charge is -2.16. The van der Waals surface area contributed by atoms with Gasteiger partial charge in [-0.05, 0) is 37.3 Å². The van der Waals surface area contributed by atoms with Crippen molar-refractivity contribution in [3.63, 3.8) is 0 Å². The molecule has 0 fully saturated rings. The van der Waals surface area contributed by atoms with Crippen LogP contribution in [0.25, 0.3) is 0 Å². The SMILES string of the molecule is CC(=O)Nc1ccccc1Oc1ccc(F)cc1[C@H](C)N. The topological polar surface area (TPSA) is 64.3 Å². The molecule has 0 saturated carbocycles. The zero-order valence-corrected chi connectivity index (χ0v) is 11.9. The van der Waals surface area contributed by atoms with Crippen molar-refractivity contribution in [3.05, 3.63) is 53.8 Å². The van der Waals surface area contributed by atoms with Gasteiger partial charge in [-0.3, -0.25) is 4.79 Å². The number of benzene rings is 2. The van der Waals surface area contributed by atoms with Crippen molar-refractivity contribution in [1.29, 1.82) is 0 Å². The van der Waals surface area contributed by atoms with Crippen LogP contribution in [0.1, 0.15) is 25.5 Å². The minimum Gasteiger partial charge on any atom is -0.455 e. The smallest absolute Gasteiger partial charge is 0.221 e. The van der Waals surface area contributed by atoms with Gasteiger partial charge < -0.3 is 15.8 Å². The van der Waals surface area contributed by atoms with Gasteiger partial charge in [-0.1, -0.05) is 12.1 Å². The molecule has 2 aromatic carbocycles. The fourth-order valence-electron chi connectivity index (χ4n) is 1.94. The van der Waals surface area contributed by atoms with Crippen LogP contribution in [-0.2, 0) is 4.79 Å². The number of carbonyl (C=O) groups is 1. The van der Waals surface area contributed by atoms with Gasteiger partial charge in [-0.15, -0.1) is 0 Å². The zero-order chi connectivity index (χ0) is 15.4. The number of anilines is 1. The number of para-hydroxylation sites is 2. The summed E-state index contributed by atoms with van der Waals surface area (Å²) in [7, 11) is 0. The summed E-state index contributed by atoms with van der Waals surface area (Å²) < 4.78 is 19.1. The summed E-state index contributed by atoms with van der Waals surface area (Å²) in [5.41, 5.74) is 6.95. The Morgan fingerprint density at radius 2 is 1.95 bits per heavy atom. The molecule has 0 aliphatic heterocycles. The number of amides is 1. The predicted molar refractivity (Wildman–Crippen MR) is 79.8 cm³/mol. The van der Waals surface area contributed by atoms with Crippen molar-refractivity contribution >= 4 is 11.6 Å². The minimum atomic E-state index is -0.372. The van der Waals surface area contributed by atoms with E-state index in [9.17, 15) is 9.18 Å². The van der Waals surface area contributed by atoms with E-state index in [1.807, 2.05) is 0 Å². The molecular formula is C16H17FN2O2. The third-order valence-corrected chi connectivity index (χ3v) is 2.88. The van der Waals surface area contributed by atoms with Gasteiger partial charge in [0.05, 0.1) is 5.69 Å². The van der Waals surface area contributed by atoms with Crippen molar-refractivity contribution in [2.75, 3.05) is 5.32 Å². The normalized spacial score (nSPS) is 11.8. The van der Waals surface area contributed by atoms with E-state index >= 15 is 0 Å². The number of hydrogen-bond acceptors (Lipinski definition) is 3. The largest absolute Gasteiger partial charge is 0.455 e. The number of nitrogens with one attached hydrogen (secondary N) is 1. The summed E-state index contributed by atoms with van der Waals surface area (Å²) in [5.74, 6) is 0.368. The van der Waals surface area contributed by atoms with E-state index < -0.39 is 0 Å². The molecule has 1 amide bonds. The van der Waals surface area contributed by atoms with Crippen LogP contribution in [0.15, 0.2) is 42.5 Å². The lowest BCUT2D eigenvalue weighted by Crippen LogP contribution is -2.09. The summed E-state index contributed by atoms with van der Waals surface area (Å²) in [6.07, 6.45) is 0. The molecule has 1 atom stereocenters. The van der Waals surface area contributed by atoms with Gasteiger partial charge in [0.15, 0.2) is 5.75 Å². The molecule has 3 N–H and O–H groups in total. The summed E-state index contributed by atoms with van der Waals surface area (Å²) in [4.78, 5) is 11.2. The molecule has 110 valence electrons. The first-order valence-electron chi connectivity index (χ1n) is 6.57. The number of rotatable bonds is 4. The molecule has 0 spiro atoms. The summed E-state index contributed by atoms with van der Waals surface area (Å²) in [6, 6.07) is 10.8. The van der Waals surface area contributed by atoms with E-state index in [1.54, 1.807) is 31.2 Å². The molecule has 21 heavy (non-hydrogen) atoms. The molecule has 0 saturated heterocycles. The predicted octanol–water partition coefficient (Wildman–Crippen LogP) is 3.60. The quantitative estimate of drug-likeness (QED) is 0.903. The van der Waals surface area contributed by atoms with E-state index in [4.69, 9.17) is 10.5 Å². The van der Waals surface area contributed by atoms with Crippen molar-refractivity contribution in [3.8, 4) is 11.5 Å². The molecule has 0 bridgehead atoms. The van der Waals surface area contributed by atoms with Crippen LogP contribution >= 0.6 is 0 Å². The highest BCUT2D eigenvalue weighted by Crippen LogP contribution is 2.33. The van der Waals surface area contributed by atoms with E-state index in [1.165, 1.54) is 25.1 Å². The fraction of sp³-hybridized carbons (Fsp3) is 0.188. The average Bonchev–Trinajstić information content (AvgIpc) is 2.42. The second-order valence-corrected chi connectivity index (χ2v) is 4.75. The Kier molecular flexibility index (Phi) is 4.55. The average molecular weight is 288 g/mol. The second kappa shape index (κ2) is 6.37. The maximum Gasteiger partial charge on any atom is 0.221 e. The highest BCUT2D eigenvalue weighted by Gasteiger charge is 2.12. The molecule has 0 heterocycles. The first-order valence-corrected chi connectivity index (χ1v) is 6.57. The molecule has 0 aliphatic rings. The molecular weight excluding hydrogens is 271 g/mol. The number of ether oxygens (including phenoxy) is 1. The third kappa shape index (κ3) is 3.79. The maximum atomic E-state index is 13.3. The van der Waals surface area contributed by atoms with Gasteiger partial charge in [0.1, 0.15) is 11.6 Å². The lowest BCUT2D eigenvalue weighted by molar-refractivity contribution is -0.114. The van der Waals surface area contributed by atoms with Crippen LogP contribution < -0.4 is 15.8 Å². The Hall–Kier alpha value is -2.40. The standard InChI is InChI=1S/C16H17FN2O2/c1-10(18)13-9-12(17)7-8-15(13)21-16-6-4-3-5-14(16)19-11(2)20/h3-10H,18H2,1-2H3,(H,19,20)/t10-/m0/s1. The molecule has 0 unspecified atom stereocenters. The van der Waals surface area contributed by atoms with Crippen LogP contribution in [-0.4, -0.2) is 5.91 Å². The van der Waals surface area contributed by atoms with Crippen LogP contribution in [0.2, 0.25) is 0 Å². The molecule has 0 aromatic heterocycles. The Labute approximate surface area is 122 Å². The monoisotopic (exact) mass is 288 g/mol. The van der Waals surface area contributed by atoms with Crippen molar-refractivity contribution in [1.82, 2.24) is 0 Å². The van der Waals surface area contributed by atoms with E-state index in [2.05, 4.69) is 5.32 Å². The van der Waals surface area contributed by atoms with Gasteiger partial charge in [-0.2, -0.15) is 0 Å². The van der Waals surface area contributed by atoms with Crippen molar-refractivity contribution in [2.24, 2.45) is 5.73 Å². The van der Waals surface area contributed by atoms with Gasteiger partial charge in [0, 0.05) is 18.5 Å². The number of nitrogens with two attached hydrogens (primary N) is 1. The summed E-state index contributed by atoms with van der Waals surface area (Å²) in [6.45, 7) is 3.17. The maximum absolute atomic E-state index is 13.3. The van der Waals surface area contributed by atoms with E-state index in [0.29, 0.717) is 22.7 Å². The summed E-state index contributed by atoms with van der Waals surface area (Å²) >= 11 is 0. The van der Waals surface area contributed by atoms with E-state index in [0.717, 1.165) is 0 Å². The second-order valence-electron chi connectivity index (χ2n) is 4.75. The van der Waals surface area contributed by atoms with Crippen LogP contribution in [0, 0.1) is 5.82 Å². The van der Waals surface area contributed by atoms with Gasteiger partial charge >= 0.3 is 0 Å². The molecule has 2 rings (SSSR count). The Morgan fingerprint density at radius 3 is 2.62 bits per heavy atom. The molecule has 2 aromatic rings. The van der Waals surface area contributed by atoms with Crippen LogP contribution in [0.4, 0.5) is 10.1 Å². The molecule has 0 aliphatic carbocycles. The number of halogens is 1. The minimum absolute atomic E-state index is 0.197. The van der Waals surface area contributed by atoms with Crippen molar-refractivity contribution < 1.29 is 13.9 Å². The Bertz CT molecular complexity index is 656. The highest BCUT2D eigenvalue weighted by atomic mass is 19.1. The van der Waals surface area contributed by atoms with Gasteiger partial charge in [-0.25, -0.2) is 4.39 Å². The number of hydrogen-bond donors (Lipinski definition) is 2. The Morgan fingerprint density at radius 1 is 1.24 bits per heavy atom. The molecule has 0 radical (unpaired) electrons. The molecule has 4 nitrogen and oxygen atoms in total. The molecule has 5 heteroatoms. The van der Waals surface area contributed by atoms with Crippen LogP contribution in [0.3, 0.4) is 0 Å². The summed E-state index contributed by atoms with van der Waals surface area (Å²) in [5, 5.41) is 2.68. The number of carbonyl (C=O) groups excluding carboxylic acids is 1. The Balaban J connectivity index is 2.36. The fourth-order valence-corrected chi connectivity index (χ4v) is 1.94. The third-order valence-electron chi connectivity index (χ3n) is 2.88. The zero-order valence-electron chi connectivity index (χ0n) is 11.9. The van der Waals surface area contributed by atoms with Crippen molar-refractivity contribution in [2.45, 2.75) is 19.9 Å².